The fourth-order valence-electron chi connectivity index (χ4n) is 6.84. The fraction of sp³-hybridized carbons (Fsp3) is 0.533. The SMILES string of the molecule is C[C@H]1CN(C(=O)[C@@]2(C)OCC[C@@H]2c2ccc([N+](=O)[O-])cc2)[C@@H](C)CN1C(=O)[C@@]1(C)OCC[C@@H]1c1ccc([N+](=O)[O-])cc1. The second kappa shape index (κ2) is 11.1. The zero-order chi connectivity index (χ0) is 30.4. The number of amides is 2. The van der Waals surface area contributed by atoms with Gasteiger partial charge in [-0.15, -0.1) is 0 Å². The molecule has 12 heteroatoms. The van der Waals surface area contributed by atoms with Crippen LogP contribution in [0.4, 0.5) is 11.4 Å². The largest absolute Gasteiger partial charge is 0.365 e. The van der Waals surface area contributed by atoms with E-state index in [1.165, 1.54) is 24.3 Å². The molecule has 0 aliphatic carbocycles. The maximum atomic E-state index is 14.1. The minimum Gasteiger partial charge on any atom is -0.365 e. The molecule has 0 radical (unpaired) electrons. The average molecular weight is 581 g/mol. The first-order valence-corrected chi connectivity index (χ1v) is 14.3. The van der Waals surface area contributed by atoms with E-state index in [0.717, 1.165) is 11.1 Å². The van der Waals surface area contributed by atoms with Gasteiger partial charge in [-0.05, 0) is 51.7 Å². The number of nitro benzene ring substituents is 2. The van der Waals surface area contributed by atoms with Crippen molar-refractivity contribution < 1.29 is 28.9 Å². The van der Waals surface area contributed by atoms with Crippen molar-refractivity contribution in [2.75, 3.05) is 26.3 Å². The Labute approximate surface area is 243 Å². The highest BCUT2D eigenvalue weighted by atomic mass is 16.6. The molecule has 0 N–H and O–H groups in total. The highest BCUT2D eigenvalue weighted by Gasteiger charge is 2.54. The smallest absolute Gasteiger partial charge is 0.269 e. The molecule has 5 rings (SSSR count). The molecule has 2 aromatic rings. The third-order valence-corrected chi connectivity index (χ3v) is 9.32. The van der Waals surface area contributed by atoms with E-state index in [1.54, 1.807) is 47.9 Å². The number of hydrogen-bond acceptors (Lipinski definition) is 8. The molecule has 6 atom stereocenters. The normalized spacial score (nSPS) is 31.2. The van der Waals surface area contributed by atoms with Gasteiger partial charge in [-0.2, -0.15) is 0 Å². The Morgan fingerprint density at radius 1 is 0.714 bits per heavy atom. The number of carbonyl (C=O) groups excluding carboxylic acids is 2. The lowest BCUT2D eigenvalue weighted by Gasteiger charge is -2.48. The van der Waals surface area contributed by atoms with E-state index >= 15 is 0 Å². The van der Waals surface area contributed by atoms with Crippen LogP contribution in [0, 0.1) is 20.2 Å². The molecular formula is C30H36N4O8. The second-order valence-electron chi connectivity index (χ2n) is 11.9. The van der Waals surface area contributed by atoms with Crippen molar-refractivity contribution >= 4 is 23.2 Å². The van der Waals surface area contributed by atoms with Crippen LogP contribution in [0.1, 0.15) is 63.5 Å². The molecule has 224 valence electrons. The van der Waals surface area contributed by atoms with Crippen LogP contribution in [0.3, 0.4) is 0 Å². The fourth-order valence-corrected chi connectivity index (χ4v) is 6.84. The molecule has 3 saturated heterocycles. The molecule has 2 aromatic carbocycles. The van der Waals surface area contributed by atoms with Gasteiger partial charge in [-0.25, -0.2) is 0 Å². The zero-order valence-corrected chi connectivity index (χ0v) is 24.2. The molecule has 2 amide bonds. The molecule has 0 aromatic heterocycles. The van der Waals surface area contributed by atoms with E-state index in [0.29, 0.717) is 39.1 Å². The van der Waals surface area contributed by atoms with Crippen LogP contribution in [0.15, 0.2) is 48.5 Å². The zero-order valence-electron chi connectivity index (χ0n) is 24.2. The Hall–Kier alpha value is -3.90. The topological polar surface area (TPSA) is 145 Å². The Morgan fingerprint density at radius 2 is 1.05 bits per heavy atom. The van der Waals surface area contributed by atoms with Crippen LogP contribution in [-0.4, -0.2) is 81.0 Å². The lowest BCUT2D eigenvalue weighted by atomic mass is 9.81. The monoisotopic (exact) mass is 580 g/mol. The van der Waals surface area contributed by atoms with Crippen LogP contribution in [0.25, 0.3) is 0 Å². The molecule has 42 heavy (non-hydrogen) atoms. The maximum absolute atomic E-state index is 14.1. The van der Waals surface area contributed by atoms with Gasteiger partial charge in [0, 0.05) is 74.5 Å². The number of rotatable bonds is 6. The molecule has 12 nitrogen and oxygen atoms in total. The summed E-state index contributed by atoms with van der Waals surface area (Å²) < 4.78 is 12.1. The summed E-state index contributed by atoms with van der Waals surface area (Å²) in [5.74, 6) is -0.855. The molecule has 0 saturated carbocycles. The summed E-state index contributed by atoms with van der Waals surface area (Å²) in [6, 6.07) is 12.0. The first kappa shape index (κ1) is 29.6. The first-order valence-electron chi connectivity index (χ1n) is 14.3. The van der Waals surface area contributed by atoms with Gasteiger partial charge < -0.3 is 19.3 Å². The van der Waals surface area contributed by atoms with Gasteiger partial charge in [0.2, 0.25) is 0 Å². The van der Waals surface area contributed by atoms with Crippen molar-refractivity contribution in [2.24, 2.45) is 0 Å². The lowest BCUT2D eigenvalue weighted by Crippen LogP contribution is -2.65. The summed E-state index contributed by atoms with van der Waals surface area (Å²) in [7, 11) is 0. The molecular weight excluding hydrogens is 544 g/mol. The van der Waals surface area contributed by atoms with E-state index in [2.05, 4.69) is 0 Å². The van der Waals surface area contributed by atoms with Crippen LogP contribution in [0.2, 0.25) is 0 Å². The molecule has 3 heterocycles. The Kier molecular flexibility index (Phi) is 7.80. The third kappa shape index (κ3) is 5.02. The molecule has 3 aliphatic heterocycles. The molecule has 0 spiro atoms. The van der Waals surface area contributed by atoms with Crippen molar-refractivity contribution in [3.05, 3.63) is 79.9 Å². The van der Waals surface area contributed by atoms with Gasteiger partial charge >= 0.3 is 0 Å². The van der Waals surface area contributed by atoms with Crippen molar-refractivity contribution in [1.82, 2.24) is 9.80 Å². The highest BCUT2D eigenvalue weighted by molar-refractivity contribution is 5.89. The molecule has 0 unspecified atom stereocenters. The van der Waals surface area contributed by atoms with E-state index in [4.69, 9.17) is 9.47 Å². The number of hydrogen-bond donors (Lipinski definition) is 0. The predicted octanol–water partition coefficient (Wildman–Crippen LogP) is 4.18. The van der Waals surface area contributed by atoms with Gasteiger partial charge in [-0.1, -0.05) is 24.3 Å². The maximum Gasteiger partial charge on any atom is 0.269 e. The molecule has 0 bridgehead atoms. The second-order valence-corrected chi connectivity index (χ2v) is 11.9. The van der Waals surface area contributed by atoms with Gasteiger partial charge in [0.1, 0.15) is 0 Å². The summed E-state index contributed by atoms with van der Waals surface area (Å²) >= 11 is 0. The Balaban J connectivity index is 1.32. The van der Waals surface area contributed by atoms with Crippen LogP contribution in [-0.2, 0) is 19.1 Å². The van der Waals surface area contributed by atoms with Gasteiger partial charge in [0.15, 0.2) is 11.2 Å². The number of piperazine rings is 1. The average Bonchev–Trinajstić information content (AvgIpc) is 3.57. The lowest BCUT2D eigenvalue weighted by molar-refractivity contribution is -0.385. The van der Waals surface area contributed by atoms with Crippen molar-refractivity contribution in [3.63, 3.8) is 0 Å². The summed E-state index contributed by atoms with van der Waals surface area (Å²) in [6.45, 7) is 8.81. The molecule has 3 fully saturated rings. The van der Waals surface area contributed by atoms with E-state index in [1.807, 2.05) is 13.8 Å². The first-order chi connectivity index (χ1) is 19.9. The summed E-state index contributed by atoms with van der Waals surface area (Å²) in [5.41, 5.74) is -0.677. The van der Waals surface area contributed by atoms with Crippen molar-refractivity contribution in [2.45, 2.75) is 75.7 Å². The number of carbonyl (C=O) groups is 2. The predicted molar refractivity (Wildman–Crippen MR) is 152 cm³/mol. The van der Waals surface area contributed by atoms with Gasteiger partial charge in [0.25, 0.3) is 23.2 Å². The Bertz CT molecular complexity index is 1280. The minimum atomic E-state index is -1.14. The van der Waals surface area contributed by atoms with E-state index in [-0.39, 0.29) is 47.1 Å². The minimum absolute atomic E-state index is 0.00955. The summed E-state index contributed by atoms with van der Waals surface area (Å²) in [6.07, 6.45) is 1.23. The summed E-state index contributed by atoms with van der Waals surface area (Å²) in [4.78, 5) is 53.0. The Morgan fingerprint density at radius 3 is 1.36 bits per heavy atom. The van der Waals surface area contributed by atoms with Crippen LogP contribution in [0.5, 0.6) is 0 Å². The van der Waals surface area contributed by atoms with Gasteiger partial charge in [0.05, 0.1) is 9.85 Å². The number of nitro groups is 2. The number of nitrogens with zero attached hydrogens (tertiary/aromatic N) is 4. The number of benzene rings is 2. The van der Waals surface area contributed by atoms with E-state index in [9.17, 15) is 29.8 Å². The third-order valence-electron chi connectivity index (χ3n) is 9.32. The quantitative estimate of drug-likeness (QED) is 0.366. The number of ether oxygens (including phenoxy) is 2. The summed E-state index contributed by atoms with van der Waals surface area (Å²) in [5, 5.41) is 22.2. The van der Waals surface area contributed by atoms with E-state index < -0.39 is 21.0 Å². The van der Waals surface area contributed by atoms with Gasteiger partial charge in [-0.3, -0.25) is 29.8 Å². The number of non-ortho nitro benzene ring substituents is 2. The molecule has 3 aliphatic rings. The van der Waals surface area contributed by atoms with Crippen molar-refractivity contribution in [3.8, 4) is 0 Å². The highest BCUT2D eigenvalue weighted by Crippen LogP contribution is 2.44. The van der Waals surface area contributed by atoms with Crippen LogP contribution < -0.4 is 0 Å². The van der Waals surface area contributed by atoms with Crippen molar-refractivity contribution in [1.29, 1.82) is 0 Å². The van der Waals surface area contributed by atoms with Crippen LogP contribution >= 0.6 is 0 Å². The standard InChI is InChI=1S/C30H36N4O8/c1-19-17-32(28(36)30(4)26(14-16-42-30)22-7-11-24(12-8-22)34(39)40)20(2)18-31(19)27(35)29(3)25(13-15-41-29)21-5-9-23(10-6-21)33(37)38/h5-12,19-20,25-26H,13-18H2,1-4H3/t19-,20-,25+,26+,29-,30-/m0/s1.